The molecule has 8 aromatic rings. The quantitative estimate of drug-likeness (QED) is 0.199. The summed E-state index contributed by atoms with van der Waals surface area (Å²) in [4.78, 5) is 0. The summed E-state index contributed by atoms with van der Waals surface area (Å²) < 4.78 is 100. The topological polar surface area (TPSA) is 12.0 Å². The van der Waals surface area contributed by atoms with Gasteiger partial charge in [-0.25, -0.2) is 0 Å². The molecule has 7 aromatic carbocycles. The van der Waals surface area contributed by atoms with Gasteiger partial charge in [0, 0.05) is 48.1 Å². The Morgan fingerprint density at radius 2 is 1.32 bits per heavy atom. The van der Waals surface area contributed by atoms with Gasteiger partial charge in [0.25, 0.3) is 0 Å². The van der Waals surface area contributed by atoms with Crippen LogP contribution >= 0.6 is 11.3 Å². The number of fused-ring (bicyclic) bond motifs is 6. The molecule has 1 heterocycles. The van der Waals surface area contributed by atoms with E-state index in [1.807, 2.05) is 60.7 Å². The summed E-state index contributed by atoms with van der Waals surface area (Å²) in [5, 5.41) is 5.72. The van der Waals surface area contributed by atoms with Crippen LogP contribution in [0.1, 0.15) is 40.1 Å². The van der Waals surface area contributed by atoms with Crippen molar-refractivity contribution in [3.63, 3.8) is 0 Å². The molecule has 9 rings (SSSR count). The molecule has 1 aliphatic rings. The average Bonchev–Trinajstić information content (AvgIpc) is 3.72. The maximum atomic E-state index is 9.76. The zero-order chi connectivity index (χ0) is 41.1. The van der Waals surface area contributed by atoms with E-state index >= 15 is 0 Å². The minimum Gasteiger partial charge on any atom is -0.355 e. The molecule has 224 valence electrons. The number of rotatable bonds is 5. The Morgan fingerprint density at radius 3 is 2.19 bits per heavy atom. The first kappa shape index (κ1) is 18.6. The second kappa shape index (κ2) is 10.8. The van der Waals surface area contributed by atoms with Crippen molar-refractivity contribution in [2.75, 3.05) is 5.32 Å². The zero-order valence-corrected chi connectivity index (χ0v) is 26.4. The Bertz CT molecular complexity index is 3050. The molecule has 1 aromatic heterocycles. The second-order valence-corrected chi connectivity index (χ2v) is 13.2. The predicted octanol–water partition coefficient (Wildman–Crippen LogP) is 13.1. The van der Waals surface area contributed by atoms with Gasteiger partial charge in [-0.1, -0.05) is 147 Å². The first-order valence-electron chi connectivity index (χ1n) is 20.9. The molecular weight excluding hydrogens is 587 g/mol. The fraction of sp³-hybridized carbons (Fsp3) is 0.0667. The maximum Gasteiger partial charge on any atom is 0.0648 e. The Kier molecular flexibility index (Phi) is 4.30. The third-order valence-corrected chi connectivity index (χ3v) is 10.2. The van der Waals surface area contributed by atoms with Crippen LogP contribution in [0.25, 0.3) is 64.7 Å². The molecule has 0 unspecified atom stereocenters. The van der Waals surface area contributed by atoms with Gasteiger partial charge in [-0.05, 0) is 68.7 Å². The van der Waals surface area contributed by atoms with E-state index in [0.717, 1.165) is 32.3 Å². The van der Waals surface area contributed by atoms with Gasteiger partial charge in [-0.2, -0.15) is 0 Å². The number of thiophene rings is 1. The van der Waals surface area contributed by atoms with Gasteiger partial charge in [-0.3, -0.25) is 0 Å². The van der Waals surface area contributed by atoms with Gasteiger partial charge in [0.05, 0.1) is 15.1 Å². The number of hydrogen-bond acceptors (Lipinski definition) is 2. The van der Waals surface area contributed by atoms with Gasteiger partial charge in [0.15, 0.2) is 0 Å². The lowest BCUT2D eigenvalue weighted by molar-refractivity contribution is 0.661. The second-order valence-electron chi connectivity index (χ2n) is 12.1. The first-order valence-corrected chi connectivity index (χ1v) is 16.2. The summed E-state index contributed by atoms with van der Waals surface area (Å²) in [5.41, 5.74) is 3.15. The predicted molar refractivity (Wildman–Crippen MR) is 203 cm³/mol. The third kappa shape index (κ3) is 4.44. The van der Waals surface area contributed by atoms with Gasteiger partial charge >= 0.3 is 0 Å². The lowest BCUT2D eigenvalue weighted by atomic mass is 9.82. The van der Waals surface area contributed by atoms with Crippen molar-refractivity contribution in [3.05, 3.63) is 169 Å². The van der Waals surface area contributed by atoms with Crippen LogP contribution in [-0.4, -0.2) is 0 Å². The Morgan fingerprint density at radius 1 is 0.553 bits per heavy atom. The molecule has 0 amide bonds. The summed E-state index contributed by atoms with van der Waals surface area (Å²) in [6.07, 6.45) is 0. The summed E-state index contributed by atoms with van der Waals surface area (Å²) in [6, 6.07) is 25.1. The average molecular weight is 631 g/mol. The van der Waals surface area contributed by atoms with Crippen LogP contribution in [0.5, 0.6) is 0 Å². The van der Waals surface area contributed by atoms with Crippen LogP contribution in [0.2, 0.25) is 0 Å². The molecule has 0 aliphatic heterocycles. The van der Waals surface area contributed by atoms with Gasteiger partial charge < -0.3 is 5.32 Å². The highest BCUT2D eigenvalue weighted by molar-refractivity contribution is 7.26. The first-order chi connectivity index (χ1) is 27.7. The van der Waals surface area contributed by atoms with Crippen LogP contribution in [0.15, 0.2) is 157 Å². The van der Waals surface area contributed by atoms with Crippen molar-refractivity contribution >= 4 is 42.9 Å². The lowest BCUT2D eigenvalue weighted by Gasteiger charge is -2.23. The highest BCUT2D eigenvalue weighted by Gasteiger charge is 2.37. The number of hydrogen-bond donors (Lipinski definition) is 1. The Hall–Kier alpha value is -5.44. The van der Waals surface area contributed by atoms with E-state index in [4.69, 9.17) is 11.0 Å². The molecule has 1 nitrogen and oxygen atoms in total. The number of nitrogens with one attached hydrogen (secondary N) is 1. The molecule has 0 radical (unpaired) electrons. The smallest absolute Gasteiger partial charge is 0.0648 e. The molecule has 2 heteroatoms. The van der Waals surface area contributed by atoms with Crippen molar-refractivity contribution in [3.8, 4) is 44.5 Å². The van der Waals surface area contributed by atoms with Crippen molar-refractivity contribution in [1.29, 1.82) is 0 Å². The number of benzene rings is 7. The van der Waals surface area contributed by atoms with Gasteiger partial charge in [0.2, 0.25) is 0 Å². The highest BCUT2D eigenvalue weighted by atomic mass is 32.1. The van der Waals surface area contributed by atoms with E-state index < -0.39 is 47.7 Å². The fourth-order valence-corrected chi connectivity index (χ4v) is 8.06. The SMILES string of the molecule is [2H]c1c([2H])c([2H])c(-c2c([2H])c([2H])c([2H])c3c2-c2c([2H])c([2H])c(Nc4cccc(-c5cccc6c5sc5ccccc56)c4-c4ccccc4)c([2H])c2C3(C)C)c([2H])c1[2H]. The van der Waals surface area contributed by atoms with Gasteiger partial charge in [0.1, 0.15) is 0 Å². The summed E-state index contributed by atoms with van der Waals surface area (Å²) >= 11 is 1.72. The Balaban J connectivity index is 1.30. The van der Waals surface area contributed by atoms with Crippen molar-refractivity contribution in [2.24, 2.45) is 0 Å². The molecule has 1 aliphatic carbocycles. The summed E-state index contributed by atoms with van der Waals surface area (Å²) in [5.74, 6) is 0. The largest absolute Gasteiger partial charge is 0.355 e. The van der Waals surface area contributed by atoms with E-state index in [1.54, 1.807) is 25.2 Å². The highest BCUT2D eigenvalue weighted by Crippen LogP contribution is 2.53. The number of anilines is 2. The molecule has 1 N–H and O–H groups in total. The van der Waals surface area contributed by atoms with Crippen molar-refractivity contribution in [1.82, 2.24) is 0 Å². The molecule has 47 heavy (non-hydrogen) atoms. The minimum absolute atomic E-state index is 0.0483. The van der Waals surface area contributed by atoms with E-state index in [9.17, 15) is 4.11 Å². The minimum atomic E-state index is -1.23. The fourth-order valence-electron chi connectivity index (χ4n) is 6.83. The van der Waals surface area contributed by atoms with Crippen molar-refractivity contribution < 1.29 is 15.1 Å². The van der Waals surface area contributed by atoms with E-state index in [2.05, 4.69) is 35.6 Å². The molecule has 0 spiro atoms. The molecule has 0 bridgehead atoms. The molecule has 0 saturated carbocycles. The van der Waals surface area contributed by atoms with E-state index in [0.29, 0.717) is 5.69 Å². The van der Waals surface area contributed by atoms with Crippen LogP contribution in [-0.2, 0) is 5.41 Å². The standard InChI is InChI=1S/C45H33NS/c1-45(2)38-23-12-19-32(29-14-5-3-6-15-29)43(38)37-27-26-31(28-39(37)45)46-40-24-13-20-34(42(40)30-16-7-4-8-17-30)36-22-11-21-35-33-18-9-10-25-41(33)47-44(35)36/h3-28,46H,1-2H3/i3D,5D,6D,12D,14D,15D,19D,23D,26D,27D,28D. The summed E-state index contributed by atoms with van der Waals surface area (Å²) in [7, 11) is 0. The van der Waals surface area contributed by atoms with E-state index in [-0.39, 0.29) is 63.2 Å². The van der Waals surface area contributed by atoms with Crippen LogP contribution < -0.4 is 5.32 Å². The Labute approximate surface area is 295 Å². The van der Waals surface area contributed by atoms with E-state index in [1.165, 1.54) is 10.1 Å². The molecule has 0 saturated heterocycles. The van der Waals surface area contributed by atoms with Crippen LogP contribution in [0.3, 0.4) is 0 Å². The zero-order valence-electron chi connectivity index (χ0n) is 36.6. The summed E-state index contributed by atoms with van der Waals surface area (Å²) in [6.45, 7) is 3.49. The molecular formula is C45H33NS. The van der Waals surface area contributed by atoms with Crippen LogP contribution in [0, 0.1) is 0 Å². The normalized spacial score (nSPS) is 16.3. The molecule has 0 atom stereocenters. The van der Waals surface area contributed by atoms with Crippen molar-refractivity contribution in [2.45, 2.75) is 19.3 Å². The monoisotopic (exact) mass is 630 g/mol. The van der Waals surface area contributed by atoms with Crippen LogP contribution in [0.4, 0.5) is 11.4 Å². The lowest BCUT2D eigenvalue weighted by Crippen LogP contribution is -2.15. The maximum absolute atomic E-state index is 9.76. The molecule has 0 fully saturated rings. The third-order valence-electron chi connectivity index (χ3n) is 9.02. The van der Waals surface area contributed by atoms with Gasteiger partial charge in [-0.15, -0.1) is 11.3 Å².